The Labute approximate surface area is 118 Å². The number of hydrogen-bond donors (Lipinski definition) is 1. The van der Waals surface area contributed by atoms with Gasteiger partial charge in [-0.2, -0.15) is 0 Å². The lowest BCUT2D eigenvalue weighted by atomic mass is 9.93. The Morgan fingerprint density at radius 3 is 2.70 bits per heavy atom. The van der Waals surface area contributed by atoms with Crippen LogP contribution in [0.4, 0.5) is 5.69 Å². The van der Waals surface area contributed by atoms with E-state index < -0.39 is 5.97 Å². The second-order valence-corrected chi connectivity index (χ2v) is 5.35. The average Bonchev–Trinajstić information content (AvgIpc) is 2.76. The number of rotatable bonds is 3. The van der Waals surface area contributed by atoms with E-state index in [1.54, 1.807) is 6.07 Å². The summed E-state index contributed by atoms with van der Waals surface area (Å²) in [5.41, 5.74) is 3.96. The lowest BCUT2D eigenvalue weighted by molar-refractivity contribution is 0.0697. The van der Waals surface area contributed by atoms with Gasteiger partial charge in [-0.15, -0.1) is 0 Å². The minimum atomic E-state index is -0.860. The van der Waals surface area contributed by atoms with Crippen LogP contribution in [0.5, 0.6) is 0 Å². The topological polar surface area (TPSA) is 40.5 Å². The fourth-order valence-electron chi connectivity index (χ4n) is 2.96. The molecule has 0 saturated heterocycles. The Kier molecular flexibility index (Phi) is 3.18. The van der Waals surface area contributed by atoms with Crippen LogP contribution >= 0.6 is 0 Å². The summed E-state index contributed by atoms with van der Waals surface area (Å²) in [4.78, 5) is 13.3. The molecule has 20 heavy (non-hydrogen) atoms. The molecule has 3 heteroatoms. The quantitative estimate of drug-likeness (QED) is 0.928. The highest BCUT2D eigenvalue weighted by Crippen LogP contribution is 2.37. The lowest BCUT2D eigenvalue weighted by Crippen LogP contribution is -2.16. The van der Waals surface area contributed by atoms with Crippen molar-refractivity contribution in [3.05, 3.63) is 65.2 Å². The summed E-state index contributed by atoms with van der Waals surface area (Å²) in [5, 5.41) is 9.14. The van der Waals surface area contributed by atoms with Crippen molar-refractivity contribution in [2.75, 3.05) is 18.5 Å². The summed E-state index contributed by atoms with van der Waals surface area (Å²) in [6.45, 7) is 0.938. The molecule has 1 atom stereocenters. The van der Waals surface area contributed by atoms with Crippen LogP contribution in [0.1, 0.15) is 27.4 Å². The molecule has 0 spiro atoms. The molecule has 0 radical (unpaired) electrons. The maximum absolute atomic E-state index is 11.1. The summed E-state index contributed by atoms with van der Waals surface area (Å²) < 4.78 is 0. The van der Waals surface area contributed by atoms with Gasteiger partial charge in [0.2, 0.25) is 0 Å². The number of benzene rings is 2. The van der Waals surface area contributed by atoms with Crippen LogP contribution in [0.15, 0.2) is 48.5 Å². The van der Waals surface area contributed by atoms with Gasteiger partial charge in [-0.1, -0.05) is 30.3 Å². The molecule has 3 rings (SSSR count). The average molecular weight is 267 g/mol. The fraction of sp³-hybridized carbons (Fsp3) is 0.235. The van der Waals surface area contributed by atoms with Crippen molar-refractivity contribution in [2.45, 2.75) is 12.3 Å². The summed E-state index contributed by atoms with van der Waals surface area (Å²) in [6.07, 6.45) is 0.946. The van der Waals surface area contributed by atoms with E-state index >= 15 is 0 Å². The van der Waals surface area contributed by atoms with E-state index in [4.69, 9.17) is 5.11 Å². The van der Waals surface area contributed by atoms with Gasteiger partial charge in [-0.3, -0.25) is 0 Å². The highest BCUT2D eigenvalue weighted by Gasteiger charge is 2.27. The highest BCUT2D eigenvalue weighted by atomic mass is 16.4. The number of anilines is 1. The third-order valence-electron chi connectivity index (χ3n) is 3.94. The molecule has 102 valence electrons. The van der Waals surface area contributed by atoms with Gasteiger partial charge in [0.1, 0.15) is 0 Å². The molecular formula is C17H17NO2. The Balaban J connectivity index is 1.93. The molecule has 0 aromatic heterocycles. The zero-order chi connectivity index (χ0) is 14.1. The molecule has 1 heterocycles. The van der Waals surface area contributed by atoms with Crippen molar-refractivity contribution in [2.24, 2.45) is 0 Å². The number of fused-ring (bicyclic) bond motifs is 1. The minimum Gasteiger partial charge on any atom is -0.478 e. The summed E-state index contributed by atoms with van der Waals surface area (Å²) in [7, 11) is 2.06. The first-order chi connectivity index (χ1) is 9.65. The van der Waals surface area contributed by atoms with Gasteiger partial charge >= 0.3 is 5.97 Å². The largest absolute Gasteiger partial charge is 0.478 e. The monoisotopic (exact) mass is 267 g/mol. The van der Waals surface area contributed by atoms with Crippen molar-refractivity contribution in [3.8, 4) is 0 Å². The van der Waals surface area contributed by atoms with E-state index in [-0.39, 0.29) is 0 Å². The first kappa shape index (κ1) is 12.7. The summed E-state index contributed by atoms with van der Waals surface area (Å²) in [6, 6.07) is 15.8. The second kappa shape index (κ2) is 5.00. The number of aromatic carboxylic acids is 1. The lowest BCUT2D eigenvalue weighted by Gasteiger charge is -2.12. The number of carboxylic acid groups (broad SMARTS) is 1. The van der Waals surface area contributed by atoms with E-state index in [2.05, 4.69) is 24.1 Å². The standard InChI is InChI=1S/C17H17NO2/c1-18-11-14(9-12-5-3-2-4-6-12)15-10-13(17(19)20)7-8-16(15)18/h2-8,10,14H,9,11H2,1H3,(H,19,20). The molecule has 1 unspecified atom stereocenters. The van der Waals surface area contributed by atoms with E-state index in [0.29, 0.717) is 11.5 Å². The van der Waals surface area contributed by atoms with Crippen molar-refractivity contribution < 1.29 is 9.90 Å². The number of hydrogen-bond acceptors (Lipinski definition) is 2. The Morgan fingerprint density at radius 2 is 2.00 bits per heavy atom. The molecular weight excluding hydrogens is 250 g/mol. The summed E-state index contributed by atoms with van der Waals surface area (Å²) in [5.74, 6) is -0.502. The molecule has 0 bridgehead atoms. The smallest absolute Gasteiger partial charge is 0.335 e. The number of nitrogens with zero attached hydrogens (tertiary/aromatic N) is 1. The first-order valence-electron chi connectivity index (χ1n) is 6.77. The SMILES string of the molecule is CN1CC(Cc2ccccc2)c2cc(C(=O)O)ccc21. The molecule has 1 aliphatic heterocycles. The van der Waals surface area contributed by atoms with Crippen LogP contribution in [-0.2, 0) is 6.42 Å². The molecule has 3 nitrogen and oxygen atoms in total. The van der Waals surface area contributed by atoms with Crippen molar-refractivity contribution in [3.63, 3.8) is 0 Å². The van der Waals surface area contributed by atoms with Gasteiger partial charge in [0.05, 0.1) is 5.56 Å². The van der Waals surface area contributed by atoms with Gasteiger partial charge < -0.3 is 10.0 Å². The summed E-state index contributed by atoms with van der Waals surface area (Å²) >= 11 is 0. The normalized spacial score (nSPS) is 17.1. The molecule has 0 saturated carbocycles. The molecule has 0 amide bonds. The van der Waals surface area contributed by atoms with Gasteiger partial charge in [0.15, 0.2) is 0 Å². The molecule has 0 aliphatic carbocycles. The van der Waals surface area contributed by atoms with Crippen molar-refractivity contribution in [1.82, 2.24) is 0 Å². The number of likely N-dealkylation sites (N-methyl/N-ethyl adjacent to an activating group) is 1. The second-order valence-electron chi connectivity index (χ2n) is 5.35. The highest BCUT2D eigenvalue weighted by molar-refractivity contribution is 5.89. The van der Waals surface area contributed by atoms with Gasteiger partial charge in [0.25, 0.3) is 0 Å². The number of carboxylic acids is 1. The van der Waals surface area contributed by atoms with Crippen LogP contribution < -0.4 is 4.90 Å². The van der Waals surface area contributed by atoms with E-state index in [1.807, 2.05) is 30.3 Å². The van der Waals surface area contributed by atoms with Crippen LogP contribution in [0.2, 0.25) is 0 Å². The number of carbonyl (C=O) groups is 1. The van der Waals surface area contributed by atoms with Gasteiger partial charge in [-0.25, -0.2) is 4.79 Å². The molecule has 2 aromatic rings. The van der Waals surface area contributed by atoms with E-state index in [1.165, 1.54) is 5.56 Å². The van der Waals surface area contributed by atoms with E-state index in [9.17, 15) is 4.79 Å². The molecule has 2 aromatic carbocycles. The van der Waals surface area contributed by atoms with Crippen LogP contribution in [0, 0.1) is 0 Å². The van der Waals surface area contributed by atoms with Crippen LogP contribution in [-0.4, -0.2) is 24.7 Å². The zero-order valence-electron chi connectivity index (χ0n) is 11.4. The van der Waals surface area contributed by atoms with Crippen LogP contribution in [0.25, 0.3) is 0 Å². The predicted octanol–water partition coefficient (Wildman–Crippen LogP) is 3.16. The third kappa shape index (κ3) is 2.27. The Bertz CT molecular complexity index is 637. The molecule has 1 N–H and O–H groups in total. The first-order valence-corrected chi connectivity index (χ1v) is 6.77. The third-order valence-corrected chi connectivity index (χ3v) is 3.94. The minimum absolute atomic E-state index is 0.358. The zero-order valence-corrected chi connectivity index (χ0v) is 11.4. The van der Waals surface area contributed by atoms with Gasteiger partial charge in [0, 0.05) is 25.2 Å². The van der Waals surface area contributed by atoms with Crippen molar-refractivity contribution >= 4 is 11.7 Å². The maximum atomic E-state index is 11.1. The van der Waals surface area contributed by atoms with E-state index in [0.717, 1.165) is 24.2 Å². The molecule has 1 aliphatic rings. The van der Waals surface area contributed by atoms with Crippen molar-refractivity contribution in [1.29, 1.82) is 0 Å². The van der Waals surface area contributed by atoms with Gasteiger partial charge in [-0.05, 0) is 35.7 Å². The predicted molar refractivity (Wildman–Crippen MR) is 79.6 cm³/mol. The van der Waals surface area contributed by atoms with Crippen LogP contribution in [0.3, 0.4) is 0 Å². The Morgan fingerprint density at radius 1 is 1.25 bits per heavy atom. The fourth-order valence-corrected chi connectivity index (χ4v) is 2.96. The Hall–Kier alpha value is -2.29. The molecule has 0 fully saturated rings. The maximum Gasteiger partial charge on any atom is 0.335 e.